The van der Waals surface area contributed by atoms with Gasteiger partial charge >= 0.3 is 5.97 Å². The summed E-state index contributed by atoms with van der Waals surface area (Å²) >= 11 is 0. The van der Waals surface area contributed by atoms with Crippen LogP contribution in [0.25, 0.3) is 0 Å². The largest absolute Gasteiger partial charge is 0.481 e. The Morgan fingerprint density at radius 3 is 2.30 bits per heavy atom. The highest BCUT2D eigenvalue weighted by atomic mass is 16.4. The summed E-state index contributed by atoms with van der Waals surface area (Å²) in [5.74, 6) is -1.11. The molecule has 0 bridgehead atoms. The van der Waals surface area contributed by atoms with E-state index >= 15 is 0 Å². The van der Waals surface area contributed by atoms with Crippen molar-refractivity contribution < 1.29 is 19.5 Å². The average Bonchev–Trinajstić information content (AvgIpc) is 3.30. The quantitative estimate of drug-likeness (QED) is 0.623. The number of hydrogen-bond acceptors (Lipinski definition) is 3. The van der Waals surface area contributed by atoms with Crippen molar-refractivity contribution in [2.24, 2.45) is 11.8 Å². The molecule has 0 heterocycles. The van der Waals surface area contributed by atoms with Crippen LogP contribution in [0.15, 0.2) is 0 Å². The van der Waals surface area contributed by atoms with Crippen molar-refractivity contribution in [2.45, 2.75) is 70.3 Å². The SMILES string of the molecule is O=C(CCCNC(=O)C1CC1)NC1CCCCCCC1C(=O)O. The summed E-state index contributed by atoms with van der Waals surface area (Å²) < 4.78 is 0. The summed E-state index contributed by atoms with van der Waals surface area (Å²) in [5, 5.41) is 15.1. The van der Waals surface area contributed by atoms with Crippen molar-refractivity contribution in [3.05, 3.63) is 0 Å². The van der Waals surface area contributed by atoms with Gasteiger partial charge in [-0.3, -0.25) is 14.4 Å². The summed E-state index contributed by atoms with van der Waals surface area (Å²) in [5.41, 5.74) is 0. The molecule has 2 fully saturated rings. The zero-order valence-corrected chi connectivity index (χ0v) is 13.7. The van der Waals surface area contributed by atoms with Crippen molar-refractivity contribution in [1.82, 2.24) is 10.6 Å². The van der Waals surface area contributed by atoms with Gasteiger partial charge in [-0.2, -0.15) is 0 Å². The molecule has 2 amide bonds. The fraction of sp³-hybridized carbons (Fsp3) is 0.824. The Hall–Kier alpha value is -1.59. The van der Waals surface area contributed by atoms with E-state index in [0.717, 1.165) is 44.9 Å². The number of amides is 2. The van der Waals surface area contributed by atoms with Crippen LogP contribution in [0.2, 0.25) is 0 Å². The first-order valence-electron chi connectivity index (χ1n) is 8.88. The minimum Gasteiger partial charge on any atom is -0.481 e. The van der Waals surface area contributed by atoms with Crippen molar-refractivity contribution >= 4 is 17.8 Å². The van der Waals surface area contributed by atoms with Gasteiger partial charge in [0, 0.05) is 24.9 Å². The molecule has 0 aromatic carbocycles. The smallest absolute Gasteiger partial charge is 0.308 e. The predicted molar refractivity (Wildman–Crippen MR) is 85.7 cm³/mol. The van der Waals surface area contributed by atoms with Crippen LogP contribution in [0.1, 0.15) is 64.2 Å². The molecule has 3 N–H and O–H groups in total. The number of carbonyl (C=O) groups excluding carboxylic acids is 2. The number of carbonyl (C=O) groups is 3. The highest BCUT2D eigenvalue weighted by molar-refractivity contribution is 5.81. The standard InChI is InChI=1S/C17H28N2O4/c20-15(8-5-11-18-16(21)12-9-10-12)19-14-7-4-2-1-3-6-13(14)17(22)23/h12-14H,1-11H2,(H,18,21)(H,19,20)(H,22,23). The van der Waals surface area contributed by atoms with Gasteiger partial charge in [0.25, 0.3) is 0 Å². The number of rotatable bonds is 7. The van der Waals surface area contributed by atoms with E-state index in [0.29, 0.717) is 25.8 Å². The van der Waals surface area contributed by atoms with Gasteiger partial charge < -0.3 is 15.7 Å². The number of hydrogen-bond donors (Lipinski definition) is 3. The van der Waals surface area contributed by atoms with Crippen LogP contribution < -0.4 is 10.6 Å². The Balaban J connectivity index is 1.70. The Morgan fingerprint density at radius 2 is 1.65 bits per heavy atom. The van der Waals surface area contributed by atoms with E-state index in [1.807, 2.05) is 0 Å². The van der Waals surface area contributed by atoms with Crippen LogP contribution in [0, 0.1) is 11.8 Å². The van der Waals surface area contributed by atoms with E-state index in [2.05, 4.69) is 10.6 Å². The molecule has 0 saturated heterocycles. The Bertz CT molecular complexity index is 434. The van der Waals surface area contributed by atoms with Crippen molar-refractivity contribution in [2.75, 3.05) is 6.54 Å². The third-order valence-corrected chi connectivity index (χ3v) is 4.76. The van der Waals surface area contributed by atoms with Crippen LogP contribution in [0.3, 0.4) is 0 Å². The highest BCUT2D eigenvalue weighted by Gasteiger charge is 2.30. The summed E-state index contributed by atoms with van der Waals surface area (Å²) in [6.07, 6.45) is 8.30. The van der Waals surface area contributed by atoms with Crippen molar-refractivity contribution in [3.63, 3.8) is 0 Å². The zero-order chi connectivity index (χ0) is 16.7. The number of aliphatic carboxylic acids is 1. The number of carboxylic acid groups (broad SMARTS) is 1. The van der Waals surface area contributed by atoms with E-state index in [9.17, 15) is 19.5 Å². The fourth-order valence-electron chi connectivity index (χ4n) is 3.18. The van der Waals surface area contributed by atoms with E-state index in [-0.39, 0.29) is 23.8 Å². The Kier molecular flexibility index (Phi) is 6.86. The highest BCUT2D eigenvalue weighted by Crippen LogP contribution is 2.28. The van der Waals surface area contributed by atoms with E-state index in [1.165, 1.54) is 0 Å². The molecule has 0 aromatic heterocycles. The maximum absolute atomic E-state index is 12.1. The van der Waals surface area contributed by atoms with Gasteiger partial charge in [-0.15, -0.1) is 0 Å². The summed E-state index contributed by atoms with van der Waals surface area (Å²) in [6, 6.07) is -0.263. The lowest BCUT2D eigenvalue weighted by atomic mass is 9.86. The van der Waals surface area contributed by atoms with Gasteiger partial charge in [0.2, 0.25) is 11.8 Å². The molecule has 2 aliphatic rings. The second kappa shape index (κ2) is 8.89. The fourth-order valence-corrected chi connectivity index (χ4v) is 3.18. The second-order valence-electron chi connectivity index (χ2n) is 6.78. The van der Waals surface area contributed by atoms with Crippen molar-refractivity contribution in [3.8, 4) is 0 Å². The lowest BCUT2D eigenvalue weighted by Crippen LogP contribution is -2.44. The van der Waals surface area contributed by atoms with Crippen LogP contribution in [-0.4, -0.2) is 35.5 Å². The topological polar surface area (TPSA) is 95.5 Å². The molecular formula is C17H28N2O4. The first-order valence-corrected chi connectivity index (χ1v) is 8.88. The van der Waals surface area contributed by atoms with Gasteiger partial charge in [-0.1, -0.05) is 25.7 Å². The predicted octanol–water partition coefficient (Wildman–Crippen LogP) is 1.83. The molecule has 6 nitrogen and oxygen atoms in total. The molecule has 2 unspecified atom stereocenters. The maximum atomic E-state index is 12.1. The third kappa shape index (κ3) is 6.20. The van der Waals surface area contributed by atoms with Gasteiger partial charge in [-0.25, -0.2) is 0 Å². The minimum absolute atomic E-state index is 0.0939. The molecule has 0 aliphatic heterocycles. The molecular weight excluding hydrogens is 296 g/mol. The molecule has 6 heteroatoms. The number of carboxylic acids is 1. The van der Waals surface area contributed by atoms with Crippen LogP contribution in [-0.2, 0) is 14.4 Å². The molecule has 130 valence electrons. The van der Waals surface area contributed by atoms with Gasteiger partial charge in [0.1, 0.15) is 0 Å². The normalized spacial score (nSPS) is 25.0. The molecule has 2 rings (SSSR count). The second-order valence-corrected chi connectivity index (χ2v) is 6.78. The molecule has 2 atom stereocenters. The molecule has 0 radical (unpaired) electrons. The molecule has 0 spiro atoms. The van der Waals surface area contributed by atoms with Crippen LogP contribution in [0.5, 0.6) is 0 Å². The third-order valence-electron chi connectivity index (χ3n) is 4.76. The van der Waals surface area contributed by atoms with Gasteiger partial charge in [0.15, 0.2) is 0 Å². The first-order chi connectivity index (χ1) is 11.1. The lowest BCUT2D eigenvalue weighted by molar-refractivity contribution is -0.143. The van der Waals surface area contributed by atoms with Gasteiger partial charge in [0.05, 0.1) is 5.92 Å². The average molecular weight is 324 g/mol. The first kappa shape index (κ1) is 17.8. The van der Waals surface area contributed by atoms with Gasteiger partial charge in [-0.05, 0) is 32.1 Å². The Labute approximate surface area is 137 Å². The number of nitrogens with one attached hydrogen (secondary N) is 2. The summed E-state index contributed by atoms with van der Waals surface area (Å²) in [7, 11) is 0. The monoisotopic (exact) mass is 324 g/mol. The maximum Gasteiger partial charge on any atom is 0.308 e. The molecule has 23 heavy (non-hydrogen) atoms. The molecule has 2 aliphatic carbocycles. The van der Waals surface area contributed by atoms with E-state index in [4.69, 9.17) is 0 Å². The summed E-state index contributed by atoms with van der Waals surface area (Å²) in [6.45, 7) is 0.510. The summed E-state index contributed by atoms with van der Waals surface area (Å²) in [4.78, 5) is 34.9. The molecule has 0 aromatic rings. The van der Waals surface area contributed by atoms with Crippen LogP contribution >= 0.6 is 0 Å². The van der Waals surface area contributed by atoms with E-state index in [1.54, 1.807) is 0 Å². The Morgan fingerprint density at radius 1 is 0.957 bits per heavy atom. The zero-order valence-electron chi connectivity index (χ0n) is 13.7. The molecule has 2 saturated carbocycles. The lowest BCUT2D eigenvalue weighted by Gasteiger charge is -2.27. The van der Waals surface area contributed by atoms with E-state index < -0.39 is 11.9 Å². The van der Waals surface area contributed by atoms with Crippen molar-refractivity contribution in [1.29, 1.82) is 0 Å². The minimum atomic E-state index is -0.811. The van der Waals surface area contributed by atoms with Crippen LogP contribution in [0.4, 0.5) is 0 Å².